The fraction of sp³-hybridized carbons (Fsp3) is 0.385. The van der Waals surface area contributed by atoms with E-state index >= 15 is 0 Å². The van der Waals surface area contributed by atoms with Crippen LogP contribution in [0, 0.1) is 0 Å². The number of thioether (sulfide) groups is 1. The number of aliphatic carboxylic acids is 1. The van der Waals surface area contributed by atoms with E-state index < -0.39 is 18.0 Å². The van der Waals surface area contributed by atoms with Gasteiger partial charge in [-0.1, -0.05) is 0 Å². The number of urea groups is 1. The van der Waals surface area contributed by atoms with Gasteiger partial charge in [-0.15, -0.1) is 11.8 Å². The summed E-state index contributed by atoms with van der Waals surface area (Å²) in [6.07, 6.45) is 0. The van der Waals surface area contributed by atoms with Crippen molar-refractivity contribution >= 4 is 29.4 Å². The lowest BCUT2D eigenvalue weighted by Gasteiger charge is -2.20. The molecule has 2 N–H and O–H groups in total. The maximum atomic E-state index is 12.0. The summed E-state index contributed by atoms with van der Waals surface area (Å²) >= 11 is 1.43. The van der Waals surface area contributed by atoms with Crippen molar-refractivity contribution < 1.29 is 19.4 Å². The highest BCUT2D eigenvalue weighted by atomic mass is 32.2. The molecule has 108 valence electrons. The number of nitrogens with one attached hydrogen (secondary N) is 1. The molecule has 0 spiro atoms. The quantitative estimate of drug-likeness (QED) is 0.889. The van der Waals surface area contributed by atoms with Gasteiger partial charge in [0.1, 0.15) is 11.8 Å². The van der Waals surface area contributed by atoms with Crippen molar-refractivity contribution in [2.75, 3.05) is 23.6 Å². The van der Waals surface area contributed by atoms with E-state index in [4.69, 9.17) is 9.84 Å². The Morgan fingerprint density at radius 2 is 2.15 bits per heavy atom. The predicted molar refractivity (Wildman–Crippen MR) is 77.2 cm³/mol. The molecule has 1 heterocycles. The van der Waals surface area contributed by atoms with Gasteiger partial charge < -0.3 is 20.1 Å². The Bertz CT molecular complexity index is 492. The van der Waals surface area contributed by atoms with E-state index in [0.717, 1.165) is 5.75 Å². The van der Waals surface area contributed by atoms with Gasteiger partial charge in [0, 0.05) is 11.4 Å². The molecular formula is C13H16N2O4S. The summed E-state index contributed by atoms with van der Waals surface area (Å²) in [7, 11) is 0. The molecule has 0 aromatic heterocycles. The maximum absolute atomic E-state index is 12.0. The molecule has 20 heavy (non-hydrogen) atoms. The molecule has 0 radical (unpaired) electrons. The first-order chi connectivity index (χ1) is 9.61. The molecule has 6 nitrogen and oxygen atoms in total. The topological polar surface area (TPSA) is 78.9 Å². The van der Waals surface area contributed by atoms with Gasteiger partial charge in [0.05, 0.1) is 12.5 Å². The largest absolute Gasteiger partial charge is 0.494 e. The molecule has 0 unspecified atom stereocenters. The molecule has 1 aliphatic heterocycles. The van der Waals surface area contributed by atoms with Crippen molar-refractivity contribution in [2.24, 2.45) is 0 Å². The standard InChI is InChI=1S/C13H16N2O4S/c1-2-19-10-5-3-9(4-6-10)14-13(18)15-8-20-7-11(15)12(16)17/h3-6,11H,2,7-8H2,1H3,(H,14,18)(H,16,17)/t11-/m0/s1. The Hall–Kier alpha value is -1.89. The van der Waals surface area contributed by atoms with Crippen molar-refractivity contribution in [1.29, 1.82) is 0 Å². The number of hydrogen-bond donors (Lipinski definition) is 2. The van der Waals surface area contributed by atoms with Crippen LogP contribution in [0.1, 0.15) is 6.92 Å². The number of carboxylic acids is 1. The van der Waals surface area contributed by atoms with Gasteiger partial charge in [0.2, 0.25) is 0 Å². The normalized spacial score (nSPS) is 17.9. The van der Waals surface area contributed by atoms with Gasteiger partial charge in [0.15, 0.2) is 0 Å². The number of rotatable bonds is 4. The lowest BCUT2D eigenvalue weighted by Crippen LogP contribution is -2.43. The molecule has 1 aromatic rings. The van der Waals surface area contributed by atoms with Crippen LogP contribution in [0.3, 0.4) is 0 Å². The summed E-state index contributed by atoms with van der Waals surface area (Å²) in [5.74, 6) is 0.564. The third-order valence-corrected chi connectivity index (χ3v) is 3.86. The van der Waals surface area contributed by atoms with Crippen LogP contribution in [0.15, 0.2) is 24.3 Å². The zero-order valence-electron chi connectivity index (χ0n) is 11.0. The van der Waals surface area contributed by atoms with Crippen LogP contribution in [-0.2, 0) is 4.79 Å². The molecule has 0 bridgehead atoms. The first-order valence-corrected chi connectivity index (χ1v) is 7.38. The minimum Gasteiger partial charge on any atom is -0.494 e. The number of carbonyl (C=O) groups excluding carboxylic acids is 1. The first-order valence-electron chi connectivity index (χ1n) is 6.23. The van der Waals surface area contributed by atoms with Crippen molar-refractivity contribution in [3.8, 4) is 5.75 Å². The summed E-state index contributed by atoms with van der Waals surface area (Å²) in [5.41, 5.74) is 0.611. The second-order valence-electron chi connectivity index (χ2n) is 4.21. The van der Waals surface area contributed by atoms with Crippen LogP contribution in [0.2, 0.25) is 0 Å². The fourth-order valence-electron chi connectivity index (χ4n) is 1.84. The van der Waals surface area contributed by atoms with Crippen molar-refractivity contribution in [3.63, 3.8) is 0 Å². The first kappa shape index (κ1) is 14.5. The number of anilines is 1. The summed E-state index contributed by atoms with van der Waals surface area (Å²) in [4.78, 5) is 24.4. The van der Waals surface area contributed by atoms with Crippen LogP contribution >= 0.6 is 11.8 Å². The van der Waals surface area contributed by atoms with E-state index in [9.17, 15) is 9.59 Å². The summed E-state index contributed by atoms with van der Waals surface area (Å²) in [5, 5.41) is 11.7. The van der Waals surface area contributed by atoms with Crippen molar-refractivity contribution in [3.05, 3.63) is 24.3 Å². The number of nitrogens with zero attached hydrogens (tertiary/aromatic N) is 1. The molecule has 1 atom stereocenters. The van der Waals surface area contributed by atoms with Crippen LogP contribution in [0.5, 0.6) is 5.75 Å². The van der Waals surface area contributed by atoms with Crippen LogP contribution < -0.4 is 10.1 Å². The minimum absolute atomic E-state index is 0.389. The van der Waals surface area contributed by atoms with Gasteiger partial charge in [-0.05, 0) is 31.2 Å². The number of amides is 2. The molecule has 2 rings (SSSR count). The van der Waals surface area contributed by atoms with E-state index in [1.165, 1.54) is 16.7 Å². The average molecular weight is 296 g/mol. The van der Waals surface area contributed by atoms with Gasteiger partial charge in [-0.25, -0.2) is 9.59 Å². The van der Waals surface area contributed by atoms with Crippen molar-refractivity contribution in [1.82, 2.24) is 4.90 Å². The summed E-state index contributed by atoms with van der Waals surface area (Å²) < 4.78 is 5.31. The molecule has 7 heteroatoms. The lowest BCUT2D eigenvalue weighted by atomic mass is 10.3. The zero-order chi connectivity index (χ0) is 14.5. The van der Waals surface area contributed by atoms with Gasteiger partial charge >= 0.3 is 12.0 Å². The number of hydrogen-bond acceptors (Lipinski definition) is 4. The molecule has 1 aliphatic rings. The highest BCUT2D eigenvalue weighted by Gasteiger charge is 2.34. The lowest BCUT2D eigenvalue weighted by molar-refractivity contribution is -0.140. The molecule has 1 saturated heterocycles. The van der Waals surface area contributed by atoms with Crippen LogP contribution in [0.4, 0.5) is 10.5 Å². The van der Waals surface area contributed by atoms with Crippen LogP contribution in [0.25, 0.3) is 0 Å². The highest BCUT2D eigenvalue weighted by molar-refractivity contribution is 7.99. The highest BCUT2D eigenvalue weighted by Crippen LogP contribution is 2.23. The third-order valence-electron chi connectivity index (χ3n) is 2.84. The monoisotopic (exact) mass is 296 g/mol. The Morgan fingerprint density at radius 1 is 1.45 bits per heavy atom. The predicted octanol–water partition coefficient (Wildman–Crippen LogP) is 2.08. The van der Waals surface area contributed by atoms with E-state index in [1.54, 1.807) is 24.3 Å². The average Bonchev–Trinajstić information content (AvgIpc) is 2.91. The second kappa shape index (κ2) is 6.51. The maximum Gasteiger partial charge on any atom is 0.327 e. The molecule has 0 saturated carbocycles. The van der Waals surface area contributed by atoms with E-state index in [-0.39, 0.29) is 0 Å². The van der Waals surface area contributed by atoms with Gasteiger partial charge in [0.25, 0.3) is 0 Å². The fourth-order valence-corrected chi connectivity index (χ4v) is 2.99. The van der Waals surface area contributed by atoms with Crippen molar-refractivity contribution in [2.45, 2.75) is 13.0 Å². The summed E-state index contributed by atoms with van der Waals surface area (Å²) in [6.45, 7) is 2.48. The molecule has 2 amide bonds. The van der Waals surface area contributed by atoms with Gasteiger partial charge in [-0.2, -0.15) is 0 Å². The van der Waals surface area contributed by atoms with E-state index in [1.807, 2.05) is 6.92 Å². The molecule has 1 aromatic carbocycles. The van der Waals surface area contributed by atoms with Gasteiger partial charge in [-0.3, -0.25) is 0 Å². The van der Waals surface area contributed by atoms with E-state index in [2.05, 4.69) is 5.32 Å². The molecular weight excluding hydrogens is 280 g/mol. The Morgan fingerprint density at radius 3 is 2.75 bits per heavy atom. The summed E-state index contributed by atoms with van der Waals surface area (Å²) in [6, 6.07) is 5.80. The number of ether oxygens (including phenoxy) is 1. The number of benzene rings is 1. The SMILES string of the molecule is CCOc1ccc(NC(=O)N2CSC[C@H]2C(=O)O)cc1. The molecule has 1 fully saturated rings. The van der Waals surface area contributed by atoms with Crippen LogP contribution in [-0.4, -0.2) is 46.3 Å². The number of carbonyl (C=O) groups is 2. The molecule has 0 aliphatic carbocycles. The number of carboxylic acid groups (broad SMARTS) is 1. The second-order valence-corrected chi connectivity index (χ2v) is 5.21. The zero-order valence-corrected chi connectivity index (χ0v) is 11.9. The Balaban J connectivity index is 1.98. The smallest absolute Gasteiger partial charge is 0.327 e. The minimum atomic E-state index is -0.975. The Kier molecular flexibility index (Phi) is 4.73. The van der Waals surface area contributed by atoms with E-state index in [0.29, 0.717) is 23.9 Å². The third kappa shape index (κ3) is 3.36. The Labute approximate surface area is 121 Å².